The van der Waals surface area contributed by atoms with Crippen LogP contribution in [0.3, 0.4) is 0 Å². The van der Waals surface area contributed by atoms with Gasteiger partial charge in [-0.2, -0.15) is 5.10 Å². The number of nitrogens with one attached hydrogen (secondary N) is 2. The number of nitrogens with two attached hydrogens (primary N) is 1. The first-order valence-corrected chi connectivity index (χ1v) is 5.94. The van der Waals surface area contributed by atoms with Crippen molar-refractivity contribution in [3.63, 3.8) is 0 Å². The van der Waals surface area contributed by atoms with Gasteiger partial charge in [-0.25, -0.2) is 0 Å². The molecule has 1 aromatic rings. The van der Waals surface area contributed by atoms with Gasteiger partial charge in [-0.05, 0) is 12.8 Å². The fraction of sp³-hybridized carbons (Fsp3) is 0.636. The lowest BCUT2D eigenvalue weighted by Crippen LogP contribution is -2.72. The Hall–Kier alpha value is -1.40. The van der Waals surface area contributed by atoms with Crippen molar-refractivity contribution in [2.24, 2.45) is 11.7 Å². The van der Waals surface area contributed by atoms with Gasteiger partial charge in [0.1, 0.15) is 0 Å². The zero-order valence-electron chi connectivity index (χ0n) is 9.43. The molecule has 0 radical (unpaired) electrons. The monoisotopic (exact) mass is 236 g/mol. The van der Waals surface area contributed by atoms with Gasteiger partial charge >= 0.3 is 0 Å². The summed E-state index contributed by atoms with van der Waals surface area (Å²) in [6.07, 6.45) is 5.33. The number of rotatable bonds is 2. The first-order chi connectivity index (χ1) is 8.27. The van der Waals surface area contributed by atoms with Crippen LogP contribution in [0, 0.1) is 5.92 Å². The van der Waals surface area contributed by atoms with E-state index >= 15 is 0 Å². The van der Waals surface area contributed by atoms with Gasteiger partial charge in [-0.15, -0.1) is 0 Å². The lowest BCUT2D eigenvalue weighted by atomic mass is 9.68. The van der Waals surface area contributed by atoms with Gasteiger partial charge in [0.25, 0.3) is 5.91 Å². The lowest BCUT2D eigenvalue weighted by Gasteiger charge is -2.52. The number of H-pyrrole nitrogens is 1. The van der Waals surface area contributed by atoms with E-state index in [9.17, 15) is 4.79 Å². The third-order valence-corrected chi connectivity index (χ3v) is 3.74. The second-order valence-corrected chi connectivity index (χ2v) is 4.71. The maximum atomic E-state index is 11.8. The van der Waals surface area contributed by atoms with Crippen LogP contribution in [0.2, 0.25) is 0 Å². The summed E-state index contributed by atoms with van der Waals surface area (Å²) in [5.74, 6) is 0.255. The molecule has 1 amide bonds. The molecule has 1 saturated carbocycles. The zero-order chi connectivity index (χ0) is 11.8. The Morgan fingerprint density at radius 3 is 3.29 bits per heavy atom. The van der Waals surface area contributed by atoms with Crippen molar-refractivity contribution in [1.29, 1.82) is 0 Å². The number of aromatic nitrogens is 2. The third-order valence-electron chi connectivity index (χ3n) is 3.74. The fourth-order valence-electron chi connectivity index (χ4n) is 2.74. The summed E-state index contributed by atoms with van der Waals surface area (Å²) in [6.45, 7) is 0.770. The van der Waals surface area contributed by atoms with E-state index in [-0.39, 0.29) is 24.1 Å². The molecule has 4 unspecified atom stereocenters. The maximum Gasteiger partial charge on any atom is 0.254 e. The molecule has 4 N–H and O–H groups in total. The van der Waals surface area contributed by atoms with Crippen molar-refractivity contribution in [3.05, 3.63) is 18.0 Å². The second kappa shape index (κ2) is 4.12. The molecule has 2 aliphatic rings. The minimum atomic E-state index is -0.146. The number of fused-ring (bicyclic) bond motifs is 1. The molecule has 2 heterocycles. The van der Waals surface area contributed by atoms with Crippen molar-refractivity contribution >= 4 is 5.91 Å². The van der Waals surface area contributed by atoms with Crippen molar-refractivity contribution in [3.8, 4) is 0 Å². The van der Waals surface area contributed by atoms with Gasteiger partial charge in [0.2, 0.25) is 0 Å². The Bertz CT molecular complexity index is 406. The predicted octanol–water partition coefficient (Wildman–Crippen LogP) is -0.356. The van der Waals surface area contributed by atoms with Crippen LogP contribution >= 0.6 is 0 Å². The highest BCUT2D eigenvalue weighted by Crippen LogP contribution is 2.37. The second-order valence-electron chi connectivity index (χ2n) is 4.71. The van der Waals surface area contributed by atoms with Crippen molar-refractivity contribution in [1.82, 2.24) is 15.5 Å². The quantitative estimate of drug-likeness (QED) is 0.654. The molecule has 0 aromatic carbocycles. The standard InChI is InChI=1S/C11H16N4O2/c12-8-7-2-1-3-17-10(7)9(8)15-11(16)6-4-13-14-5-6/h4-5,7-10H,1-3,12H2,(H,13,14)(H,15,16). The molecule has 1 aliphatic heterocycles. The van der Waals surface area contributed by atoms with E-state index in [2.05, 4.69) is 15.5 Å². The summed E-state index contributed by atoms with van der Waals surface area (Å²) in [7, 11) is 0. The van der Waals surface area contributed by atoms with Crippen LogP contribution in [0.4, 0.5) is 0 Å². The largest absolute Gasteiger partial charge is 0.376 e. The van der Waals surface area contributed by atoms with Gasteiger partial charge in [-0.3, -0.25) is 9.89 Å². The Morgan fingerprint density at radius 2 is 2.53 bits per heavy atom. The molecule has 3 rings (SSSR count). The molecule has 92 valence electrons. The Balaban J connectivity index is 1.64. The van der Waals surface area contributed by atoms with E-state index in [1.807, 2.05) is 0 Å². The van der Waals surface area contributed by atoms with E-state index in [0.29, 0.717) is 11.5 Å². The number of aromatic amines is 1. The van der Waals surface area contributed by atoms with Crippen LogP contribution in [0.1, 0.15) is 23.2 Å². The first-order valence-electron chi connectivity index (χ1n) is 5.94. The Kier molecular flexibility index (Phi) is 2.60. The van der Waals surface area contributed by atoms with Crippen LogP contribution in [-0.4, -0.2) is 40.9 Å². The highest BCUT2D eigenvalue weighted by atomic mass is 16.5. The van der Waals surface area contributed by atoms with E-state index in [1.54, 1.807) is 6.20 Å². The molecule has 1 aromatic heterocycles. The molecule has 6 heteroatoms. The van der Waals surface area contributed by atoms with Gasteiger partial charge in [-0.1, -0.05) is 0 Å². The van der Waals surface area contributed by atoms with E-state index in [0.717, 1.165) is 19.4 Å². The summed E-state index contributed by atoms with van der Waals surface area (Å²) in [4.78, 5) is 11.8. The summed E-state index contributed by atoms with van der Waals surface area (Å²) >= 11 is 0. The summed E-state index contributed by atoms with van der Waals surface area (Å²) in [5, 5.41) is 9.28. The van der Waals surface area contributed by atoms with Crippen LogP contribution in [0.5, 0.6) is 0 Å². The molecule has 1 aliphatic carbocycles. The average Bonchev–Trinajstić information content (AvgIpc) is 2.89. The van der Waals surface area contributed by atoms with Crippen LogP contribution in [0.15, 0.2) is 12.4 Å². The number of carbonyl (C=O) groups is 1. The molecule has 0 spiro atoms. The van der Waals surface area contributed by atoms with Crippen molar-refractivity contribution in [2.75, 3.05) is 6.61 Å². The maximum absolute atomic E-state index is 11.8. The molecule has 6 nitrogen and oxygen atoms in total. The number of ether oxygens (including phenoxy) is 1. The summed E-state index contributed by atoms with van der Waals surface area (Å²) < 4.78 is 5.66. The Labute approximate surface area is 98.9 Å². The van der Waals surface area contributed by atoms with E-state index in [4.69, 9.17) is 10.5 Å². The molecule has 1 saturated heterocycles. The summed E-state index contributed by atoms with van der Waals surface area (Å²) in [5.41, 5.74) is 6.59. The summed E-state index contributed by atoms with van der Waals surface area (Å²) in [6, 6.07) is -0.0566. The molecule has 17 heavy (non-hydrogen) atoms. The molecule has 4 atom stereocenters. The van der Waals surface area contributed by atoms with Crippen molar-refractivity contribution < 1.29 is 9.53 Å². The van der Waals surface area contributed by atoms with Gasteiger partial charge in [0.05, 0.1) is 23.9 Å². The van der Waals surface area contributed by atoms with Crippen LogP contribution < -0.4 is 11.1 Å². The number of hydrogen-bond acceptors (Lipinski definition) is 4. The Morgan fingerprint density at radius 1 is 1.65 bits per heavy atom. The third kappa shape index (κ3) is 1.73. The van der Waals surface area contributed by atoms with Gasteiger partial charge in [0.15, 0.2) is 0 Å². The molecular formula is C11H16N4O2. The lowest BCUT2D eigenvalue weighted by molar-refractivity contribution is -0.117. The average molecular weight is 236 g/mol. The molecular weight excluding hydrogens is 220 g/mol. The SMILES string of the molecule is NC1C2CCCOC2C1NC(=O)c1cn[nH]c1. The smallest absolute Gasteiger partial charge is 0.254 e. The first kappa shape index (κ1) is 10.7. The number of nitrogens with zero attached hydrogens (tertiary/aromatic N) is 1. The minimum Gasteiger partial charge on any atom is -0.376 e. The fourth-order valence-corrected chi connectivity index (χ4v) is 2.74. The topological polar surface area (TPSA) is 93.0 Å². The highest BCUT2D eigenvalue weighted by Gasteiger charge is 2.51. The molecule has 2 fully saturated rings. The van der Waals surface area contributed by atoms with E-state index in [1.165, 1.54) is 6.20 Å². The number of amides is 1. The van der Waals surface area contributed by atoms with Gasteiger partial charge in [0, 0.05) is 24.8 Å². The van der Waals surface area contributed by atoms with Crippen LogP contribution in [0.25, 0.3) is 0 Å². The number of hydrogen-bond donors (Lipinski definition) is 3. The van der Waals surface area contributed by atoms with Crippen LogP contribution in [-0.2, 0) is 4.74 Å². The van der Waals surface area contributed by atoms with Gasteiger partial charge < -0.3 is 15.8 Å². The zero-order valence-corrected chi connectivity index (χ0v) is 9.43. The van der Waals surface area contributed by atoms with Crippen molar-refractivity contribution in [2.45, 2.75) is 31.0 Å². The van der Waals surface area contributed by atoms with E-state index < -0.39 is 0 Å². The predicted molar refractivity (Wildman–Crippen MR) is 60.3 cm³/mol. The highest BCUT2D eigenvalue weighted by molar-refractivity contribution is 5.94. The minimum absolute atomic E-state index is 0.0103. The number of carbonyl (C=O) groups excluding carboxylic acids is 1. The molecule has 0 bridgehead atoms. The normalized spacial score (nSPS) is 35.8.